The minimum Gasteiger partial charge on any atom is -0.481 e. The van der Waals surface area contributed by atoms with Gasteiger partial charge in [-0.15, -0.1) is 0 Å². The summed E-state index contributed by atoms with van der Waals surface area (Å²) in [6.45, 7) is 6.72. The van der Waals surface area contributed by atoms with E-state index in [1.807, 2.05) is 0 Å². The Morgan fingerprint density at radius 1 is 0.640 bits per heavy atom. The van der Waals surface area contributed by atoms with Crippen LogP contribution in [0.1, 0.15) is 130 Å². The molecule has 0 aliphatic carbocycles. The molecule has 0 aromatic carbocycles. The van der Waals surface area contributed by atoms with Crippen LogP contribution in [0.15, 0.2) is 0 Å². The third kappa shape index (κ3) is 15.4. The van der Waals surface area contributed by atoms with Crippen LogP contribution in [0.2, 0.25) is 0 Å². The van der Waals surface area contributed by atoms with E-state index in [0.29, 0.717) is 5.92 Å². The van der Waals surface area contributed by atoms with E-state index in [1.165, 1.54) is 89.9 Å². The topological polar surface area (TPSA) is 37.3 Å². The Morgan fingerprint density at radius 2 is 1.12 bits per heavy atom. The van der Waals surface area contributed by atoms with Gasteiger partial charge in [-0.2, -0.15) is 0 Å². The molecule has 2 heteroatoms. The van der Waals surface area contributed by atoms with Crippen LogP contribution in [0.25, 0.3) is 0 Å². The van der Waals surface area contributed by atoms with Crippen LogP contribution in [-0.2, 0) is 4.79 Å². The van der Waals surface area contributed by atoms with Gasteiger partial charge in [0.05, 0.1) is 5.92 Å². The molecular formula is C23H46O2. The van der Waals surface area contributed by atoms with E-state index < -0.39 is 5.97 Å². The average molecular weight is 355 g/mol. The summed E-state index contributed by atoms with van der Waals surface area (Å²) in [6, 6.07) is 0. The highest BCUT2D eigenvalue weighted by molar-refractivity contribution is 5.69. The lowest BCUT2D eigenvalue weighted by Crippen LogP contribution is -2.18. The molecule has 2 nitrogen and oxygen atoms in total. The zero-order valence-electron chi connectivity index (χ0n) is 17.5. The second-order valence-corrected chi connectivity index (χ2v) is 8.04. The van der Waals surface area contributed by atoms with Crippen LogP contribution in [0.5, 0.6) is 0 Å². The fourth-order valence-electron chi connectivity index (χ4n) is 3.92. The monoisotopic (exact) mass is 354 g/mol. The SMILES string of the molecule is CCCCCCCCCCCC(CC(CCC)CCCCC)C(=O)O. The number of carbonyl (C=O) groups is 1. The van der Waals surface area contributed by atoms with Gasteiger partial charge in [0.25, 0.3) is 0 Å². The lowest BCUT2D eigenvalue weighted by atomic mass is 9.85. The van der Waals surface area contributed by atoms with Crippen molar-refractivity contribution >= 4 is 5.97 Å². The summed E-state index contributed by atoms with van der Waals surface area (Å²) in [5.41, 5.74) is 0. The van der Waals surface area contributed by atoms with Gasteiger partial charge < -0.3 is 5.11 Å². The van der Waals surface area contributed by atoms with Crippen LogP contribution < -0.4 is 0 Å². The van der Waals surface area contributed by atoms with Crippen molar-refractivity contribution in [1.82, 2.24) is 0 Å². The maximum absolute atomic E-state index is 11.6. The molecule has 2 atom stereocenters. The molecule has 0 saturated heterocycles. The first-order chi connectivity index (χ1) is 12.2. The maximum Gasteiger partial charge on any atom is 0.306 e. The molecule has 0 spiro atoms. The van der Waals surface area contributed by atoms with Crippen molar-refractivity contribution in [1.29, 1.82) is 0 Å². The fraction of sp³-hybridized carbons (Fsp3) is 0.957. The minimum atomic E-state index is -0.559. The Kier molecular flexibility index (Phi) is 17.9. The van der Waals surface area contributed by atoms with Gasteiger partial charge in [0.2, 0.25) is 0 Å². The molecule has 0 aliphatic rings. The first kappa shape index (κ1) is 24.5. The molecule has 0 saturated carbocycles. The molecule has 150 valence electrons. The van der Waals surface area contributed by atoms with Gasteiger partial charge >= 0.3 is 5.97 Å². The molecule has 1 N–H and O–H groups in total. The van der Waals surface area contributed by atoms with Gasteiger partial charge in [0.1, 0.15) is 0 Å². The van der Waals surface area contributed by atoms with Crippen molar-refractivity contribution in [3.05, 3.63) is 0 Å². The Bertz CT molecular complexity index is 288. The number of carboxylic acid groups (broad SMARTS) is 1. The molecule has 2 unspecified atom stereocenters. The van der Waals surface area contributed by atoms with Crippen LogP contribution >= 0.6 is 0 Å². The maximum atomic E-state index is 11.6. The molecule has 25 heavy (non-hydrogen) atoms. The van der Waals surface area contributed by atoms with E-state index in [2.05, 4.69) is 20.8 Å². The molecular weight excluding hydrogens is 308 g/mol. The van der Waals surface area contributed by atoms with E-state index in [4.69, 9.17) is 0 Å². The first-order valence-electron chi connectivity index (χ1n) is 11.4. The lowest BCUT2D eigenvalue weighted by molar-refractivity contribution is -0.142. The zero-order chi connectivity index (χ0) is 18.8. The molecule has 0 radical (unpaired) electrons. The van der Waals surface area contributed by atoms with Crippen molar-refractivity contribution < 1.29 is 9.90 Å². The van der Waals surface area contributed by atoms with Crippen molar-refractivity contribution in [3.8, 4) is 0 Å². The number of unbranched alkanes of at least 4 members (excludes halogenated alkanes) is 10. The van der Waals surface area contributed by atoms with Crippen molar-refractivity contribution in [2.75, 3.05) is 0 Å². The molecule has 0 aliphatic heterocycles. The van der Waals surface area contributed by atoms with Gasteiger partial charge in [-0.1, -0.05) is 117 Å². The predicted molar refractivity (Wildman–Crippen MR) is 110 cm³/mol. The van der Waals surface area contributed by atoms with Gasteiger partial charge in [-0.05, 0) is 18.8 Å². The molecule has 0 fully saturated rings. The van der Waals surface area contributed by atoms with Gasteiger partial charge in [-0.25, -0.2) is 0 Å². The Hall–Kier alpha value is -0.530. The highest BCUT2D eigenvalue weighted by Gasteiger charge is 2.21. The molecule has 0 aromatic rings. The van der Waals surface area contributed by atoms with Crippen LogP contribution in [-0.4, -0.2) is 11.1 Å². The molecule has 0 amide bonds. The Balaban J connectivity index is 3.92. The number of carboxylic acids is 1. The smallest absolute Gasteiger partial charge is 0.306 e. The second kappa shape index (κ2) is 18.3. The normalized spacial score (nSPS) is 13.7. The second-order valence-electron chi connectivity index (χ2n) is 8.04. The summed E-state index contributed by atoms with van der Waals surface area (Å²) in [4.78, 5) is 11.6. The number of hydrogen-bond donors (Lipinski definition) is 1. The van der Waals surface area contributed by atoms with E-state index in [1.54, 1.807) is 0 Å². The average Bonchev–Trinajstić information content (AvgIpc) is 2.59. The largest absolute Gasteiger partial charge is 0.481 e. The van der Waals surface area contributed by atoms with Crippen LogP contribution in [0, 0.1) is 11.8 Å². The Morgan fingerprint density at radius 3 is 1.64 bits per heavy atom. The summed E-state index contributed by atoms with van der Waals surface area (Å²) in [6.07, 6.45) is 20.9. The van der Waals surface area contributed by atoms with Gasteiger partial charge in [0.15, 0.2) is 0 Å². The molecule has 0 heterocycles. The third-order valence-electron chi connectivity index (χ3n) is 5.54. The van der Waals surface area contributed by atoms with Crippen molar-refractivity contribution in [3.63, 3.8) is 0 Å². The van der Waals surface area contributed by atoms with Crippen molar-refractivity contribution in [2.24, 2.45) is 11.8 Å². The first-order valence-corrected chi connectivity index (χ1v) is 11.4. The van der Waals surface area contributed by atoms with E-state index in [9.17, 15) is 9.90 Å². The Labute approximate surface area is 158 Å². The van der Waals surface area contributed by atoms with E-state index >= 15 is 0 Å². The summed E-state index contributed by atoms with van der Waals surface area (Å²) in [7, 11) is 0. The molecule has 0 rings (SSSR count). The standard InChI is InChI=1S/C23H46O2/c1-4-7-9-10-11-12-13-14-16-19-22(23(24)25)20-21(17-6-3)18-15-8-5-2/h21-22H,4-20H2,1-3H3,(H,24,25). The van der Waals surface area contributed by atoms with E-state index in [0.717, 1.165) is 19.3 Å². The molecule has 0 aromatic heterocycles. The highest BCUT2D eigenvalue weighted by atomic mass is 16.4. The fourth-order valence-corrected chi connectivity index (χ4v) is 3.92. The highest BCUT2D eigenvalue weighted by Crippen LogP contribution is 2.27. The molecule has 0 bridgehead atoms. The zero-order valence-corrected chi connectivity index (χ0v) is 17.5. The van der Waals surface area contributed by atoms with Crippen LogP contribution in [0.3, 0.4) is 0 Å². The number of aliphatic carboxylic acids is 1. The summed E-state index contributed by atoms with van der Waals surface area (Å²) in [5, 5.41) is 9.59. The number of hydrogen-bond acceptors (Lipinski definition) is 1. The quantitative estimate of drug-likeness (QED) is 0.239. The van der Waals surface area contributed by atoms with Crippen molar-refractivity contribution in [2.45, 2.75) is 130 Å². The lowest BCUT2D eigenvalue weighted by Gasteiger charge is -2.21. The van der Waals surface area contributed by atoms with Crippen LogP contribution in [0.4, 0.5) is 0 Å². The summed E-state index contributed by atoms with van der Waals surface area (Å²) >= 11 is 0. The van der Waals surface area contributed by atoms with Gasteiger partial charge in [-0.3, -0.25) is 4.79 Å². The summed E-state index contributed by atoms with van der Waals surface area (Å²) < 4.78 is 0. The van der Waals surface area contributed by atoms with Gasteiger partial charge in [0, 0.05) is 0 Å². The predicted octanol–water partition coefficient (Wildman–Crippen LogP) is 7.99. The summed E-state index contributed by atoms with van der Waals surface area (Å²) in [5.74, 6) is -0.0462. The third-order valence-corrected chi connectivity index (χ3v) is 5.54. The van der Waals surface area contributed by atoms with E-state index in [-0.39, 0.29) is 5.92 Å². The minimum absolute atomic E-state index is 0.109. The number of rotatable bonds is 19.